The zero-order chi connectivity index (χ0) is 26.5. The predicted octanol–water partition coefficient (Wildman–Crippen LogP) is 2.84. The molecule has 0 bridgehead atoms. The highest BCUT2D eigenvalue weighted by atomic mass is 16.7. The van der Waals surface area contributed by atoms with Crippen LogP contribution in [0.5, 0.6) is 0 Å². The highest BCUT2D eigenvalue weighted by Crippen LogP contribution is 2.23. The Morgan fingerprint density at radius 3 is 2.22 bits per heavy atom. The molecule has 36 heavy (non-hydrogen) atoms. The molecular formula is C26H38N4O6. The Bertz CT molecular complexity index is 937. The number of carbonyl (C=O) groups excluding carboxylic acids is 4. The first kappa shape index (κ1) is 27.4. The Labute approximate surface area is 213 Å². The molecule has 198 valence electrons. The van der Waals surface area contributed by atoms with Crippen molar-refractivity contribution in [3.63, 3.8) is 0 Å². The van der Waals surface area contributed by atoms with E-state index in [1.165, 1.54) is 20.9 Å². The number of hydroxylamine groups is 2. The van der Waals surface area contributed by atoms with Gasteiger partial charge in [0.25, 0.3) is 12.3 Å². The molecule has 3 rings (SSSR count). The van der Waals surface area contributed by atoms with Crippen LogP contribution in [0.4, 0.5) is 9.59 Å². The molecule has 0 saturated carbocycles. The van der Waals surface area contributed by atoms with Gasteiger partial charge in [-0.3, -0.25) is 14.5 Å². The third-order valence-corrected chi connectivity index (χ3v) is 6.59. The number of likely N-dealkylation sites (N-methyl/N-ethyl adjacent to an activating group) is 1. The van der Waals surface area contributed by atoms with Crippen LogP contribution in [0.1, 0.15) is 44.7 Å². The first-order chi connectivity index (χ1) is 17.0. The van der Waals surface area contributed by atoms with Gasteiger partial charge in [-0.1, -0.05) is 29.8 Å². The molecule has 0 radical (unpaired) electrons. The monoisotopic (exact) mass is 502 g/mol. The maximum atomic E-state index is 13.1. The molecule has 0 spiro atoms. The summed E-state index contributed by atoms with van der Waals surface area (Å²) in [6, 6.07) is 7.63. The van der Waals surface area contributed by atoms with Gasteiger partial charge >= 0.3 is 12.2 Å². The predicted molar refractivity (Wildman–Crippen MR) is 133 cm³/mol. The van der Waals surface area contributed by atoms with E-state index in [-0.39, 0.29) is 13.0 Å². The SMILES string of the molecule is Cc1ccc(CC2CCN(C(=O)ON(C=O)C(=O)C3CN(C(=O)OC(C)(C)C)CCN3C)CC2)cc1. The van der Waals surface area contributed by atoms with Gasteiger partial charge in [-0.05, 0) is 65.5 Å². The van der Waals surface area contributed by atoms with Gasteiger partial charge < -0.3 is 19.4 Å². The molecule has 10 nitrogen and oxygen atoms in total. The largest absolute Gasteiger partial charge is 0.444 e. The minimum atomic E-state index is -0.843. The minimum Gasteiger partial charge on any atom is -0.444 e. The van der Waals surface area contributed by atoms with Crippen LogP contribution in [0.3, 0.4) is 0 Å². The summed E-state index contributed by atoms with van der Waals surface area (Å²) in [4.78, 5) is 59.8. The second-order valence-electron chi connectivity index (χ2n) is 10.7. The fraction of sp³-hybridized carbons (Fsp3) is 0.615. The first-order valence-corrected chi connectivity index (χ1v) is 12.5. The average Bonchev–Trinajstić information content (AvgIpc) is 2.83. The summed E-state index contributed by atoms with van der Waals surface area (Å²) in [6.45, 7) is 9.16. The topological polar surface area (TPSA) is 99.7 Å². The lowest BCUT2D eigenvalue weighted by molar-refractivity contribution is -0.178. The van der Waals surface area contributed by atoms with E-state index in [2.05, 4.69) is 31.2 Å². The summed E-state index contributed by atoms with van der Waals surface area (Å²) in [7, 11) is 1.72. The van der Waals surface area contributed by atoms with E-state index < -0.39 is 29.7 Å². The molecule has 4 amide bonds. The van der Waals surface area contributed by atoms with Crippen molar-refractivity contribution < 1.29 is 28.8 Å². The van der Waals surface area contributed by atoms with Gasteiger partial charge in [0.1, 0.15) is 11.6 Å². The number of nitrogens with zero attached hydrogens (tertiary/aromatic N) is 4. The molecule has 1 unspecified atom stereocenters. The highest BCUT2D eigenvalue weighted by molar-refractivity contribution is 5.91. The zero-order valence-electron chi connectivity index (χ0n) is 21.9. The third-order valence-electron chi connectivity index (χ3n) is 6.59. The van der Waals surface area contributed by atoms with Crippen molar-refractivity contribution >= 4 is 24.5 Å². The molecule has 2 aliphatic heterocycles. The van der Waals surface area contributed by atoms with Gasteiger partial charge in [-0.15, -0.1) is 5.06 Å². The molecular weight excluding hydrogens is 464 g/mol. The summed E-state index contributed by atoms with van der Waals surface area (Å²) >= 11 is 0. The van der Waals surface area contributed by atoms with Gasteiger partial charge in [0.15, 0.2) is 0 Å². The molecule has 2 fully saturated rings. The first-order valence-electron chi connectivity index (χ1n) is 12.5. The van der Waals surface area contributed by atoms with Gasteiger partial charge in [-0.2, -0.15) is 0 Å². The second-order valence-corrected chi connectivity index (χ2v) is 10.7. The fourth-order valence-corrected chi connectivity index (χ4v) is 4.42. The Morgan fingerprint density at radius 1 is 1.00 bits per heavy atom. The number of hydrogen-bond donors (Lipinski definition) is 0. The van der Waals surface area contributed by atoms with Crippen LogP contribution in [-0.2, 0) is 25.6 Å². The van der Waals surface area contributed by atoms with Gasteiger partial charge in [-0.25, -0.2) is 9.59 Å². The van der Waals surface area contributed by atoms with Crippen LogP contribution in [0.15, 0.2) is 24.3 Å². The van der Waals surface area contributed by atoms with Crippen LogP contribution in [-0.4, -0.2) is 95.7 Å². The Kier molecular flexibility index (Phi) is 8.94. The number of imide groups is 1. The quantitative estimate of drug-likeness (QED) is 0.461. The Balaban J connectivity index is 1.52. The number of piperidine rings is 1. The van der Waals surface area contributed by atoms with Crippen molar-refractivity contribution in [2.24, 2.45) is 5.92 Å². The molecule has 1 aromatic carbocycles. The lowest BCUT2D eigenvalue weighted by Crippen LogP contribution is -2.60. The molecule has 2 heterocycles. The minimum absolute atomic E-state index is 0.0243. The smallest absolute Gasteiger partial charge is 0.434 e. The van der Waals surface area contributed by atoms with Gasteiger partial charge in [0.2, 0.25) is 0 Å². The summed E-state index contributed by atoms with van der Waals surface area (Å²) in [5.41, 5.74) is 1.83. The maximum absolute atomic E-state index is 13.1. The van der Waals surface area contributed by atoms with Gasteiger partial charge in [0, 0.05) is 32.7 Å². The number of piperazine rings is 1. The number of carbonyl (C=O) groups is 4. The summed E-state index contributed by atoms with van der Waals surface area (Å²) in [6.07, 6.45) is 1.51. The molecule has 2 aliphatic rings. The molecule has 0 aromatic heterocycles. The maximum Gasteiger partial charge on any atom is 0.434 e. The van der Waals surface area contributed by atoms with Gasteiger partial charge in [0.05, 0.1) is 0 Å². The lowest BCUT2D eigenvalue weighted by atomic mass is 9.90. The molecule has 10 heteroatoms. The van der Waals surface area contributed by atoms with Crippen LogP contribution in [0.25, 0.3) is 0 Å². The number of benzene rings is 1. The molecule has 1 aromatic rings. The van der Waals surface area contributed by atoms with E-state index in [0.717, 1.165) is 19.3 Å². The fourth-order valence-electron chi connectivity index (χ4n) is 4.42. The summed E-state index contributed by atoms with van der Waals surface area (Å²) in [5, 5.41) is 0.445. The second kappa shape index (κ2) is 11.7. The molecule has 0 aliphatic carbocycles. The summed E-state index contributed by atoms with van der Waals surface area (Å²) in [5.74, 6) is -0.251. The molecule has 1 atom stereocenters. The van der Waals surface area contributed by atoms with Crippen LogP contribution >= 0.6 is 0 Å². The van der Waals surface area contributed by atoms with Crippen molar-refractivity contribution in [1.82, 2.24) is 19.8 Å². The third kappa shape index (κ3) is 7.43. The van der Waals surface area contributed by atoms with E-state index >= 15 is 0 Å². The van der Waals surface area contributed by atoms with E-state index in [1.807, 2.05) is 0 Å². The Morgan fingerprint density at radius 2 is 1.64 bits per heavy atom. The summed E-state index contributed by atoms with van der Waals surface area (Å²) < 4.78 is 5.40. The average molecular weight is 503 g/mol. The molecule has 0 N–H and O–H groups in total. The number of amides is 4. The van der Waals surface area contributed by atoms with E-state index in [1.54, 1.807) is 32.7 Å². The number of likely N-dealkylation sites (tertiary alicyclic amines) is 1. The van der Waals surface area contributed by atoms with E-state index in [0.29, 0.717) is 37.2 Å². The number of aryl methyl sites for hydroxylation is 1. The van der Waals surface area contributed by atoms with Crippen molar-refractivity contribution in [2.75, 3.05) is 39.8 Å². The van der Waals surface area contributed by atoms with Crippen molar-refractivity contribution in [2.45, 2.75) is 58.6 Å². The Hall–Kier alpha value is -3.14. The standard InChI is InChI=1S/C26H38N4O6/c1-19-6-8-20(9-7-19)16-21-10-12-28(13-11-21)25(34)36-30(18-31)23(32)22-17-29(15-14-27(22)5)24(33)35-26(2,3)4/h6-9,18,21-22H,10-17H2,1-5H3. The lowest BCUT2D eigenvalue weighted by Gasteiger charge is -2.39. The van der Waals surface area contributed by atoms with Crippen molar-refractivity contribution in [1.29, 1.82) is 0 Å². The number of rotatable bonds is 4. The van der Waals surface area contributed by atoms with Crippen molar-refractivity contribution in [3.05, 3.63) is 35.4 Å². The number of hydrogen-bond acceptors (Lipinski definition) is 7. The van der Waals surface area contributed by atoms with Crippen molar-refractivity contribution in [3.8, 4) is 0 Å². The van der Waals surface area contributed by atoms with Crippen LogP contribution in [0.2, 0.25) is 0 Å². The van der Waals surface area contributed by atoms with E-state index in [4.69, 9.17) is 9.57 Å². The number of ether oxygens (including phenoxy) is 1. The molecule has 2 saturated heterocycles. The van der Waals surface area contributed by atoms with Crippen LogP contribution in [0, 0.1) is 12.8 Å². The van der Waals surface area contributed by atoms with E-state index in [9.17, 15) is 19.2 Å². The van der Waals surface area contributed by atoms with Crippen LogP contribution < -0.4 is 0 Å². The highest BCUT2D eigenvalue weighted by Gasteiger charge is 2.38. The normalized spacial score (nSPS) is 19.5. The zero-order valence-corrected chi connectivity index (χ0v) is 21.9.